The predicted octanol–water partition coefficient (Wildman–Crippen LogP) is 3.17. The minimum atomic E-state index is 0. The second-order valence-electron chi connectivity index (χ2n) is 5.81. The van der Waals surface area contributed by atoms with Crippen molar-refractivity contribution in [3.63, 3.8) is 0 Å². The predicted molar refractivity (Wildman–Crippen MR) is 68.9 cm³/mol. The summed E-state index contributed by atoms with van der Waals surface area (Å²) < 4.78 is 1.32. The van der Waals surface area contributed by atoms with Gasteiger partial charge < -0.3 is 9.96 Å². The molecule has 17 heavy (non-hydrogen) atoms. The minimum Gasteiger partial charge on any atom is -0.870 e. The smallest absolute Gasteiger partial charge is 0.105 e. The van der Waals surface area contributed by atoms with E-state index in [0.717, 1.165) is 12.1 Å². The average molecular weight is 233 g/mol. The molecule has 3 atom stereocenters. The van der Waals surface area contributed by atoms with Crippen LogP contribution in [0, 0.1) is 0 Å². The Hall–Kier alpha value is -0.860. The molecule has 0 aromatic heterocycles. The lowest BCUT2D eigenvalue weighted by Crippen LogP contribution is -2.54. The van der Waals surface area contributed by atoms with Crippen LogP contribution in [0.5, 0.6) is 0 Å². The fourth-order valence-electron chi connectivity index (χ4n) is 3.98. The van der Waals surface area contributed by atoms with E-state index in [0.29, 0.717) is 0 Å². The Morgan fingerprint density at radius 3 is 2.18 bits per heavy atom. The van der Waals surface area contributed by atoms with Crippen molar-refractivity contribution < 1.29 is 9.96 Å². The van der Waals surface area contributed by atoms with Crippen LogP contribution >= 0.6 is 0 Å². The molecule has 2 aliphatic rings. The van der Waals surface area contributed by atoms with Gasteiger partial charge in [-0.3, -0.25) is 0 Å². The lowest BCUT2D eigenvalue weighted by Gasteiger charge is -2.44. The Labute approximate surface area is 104 Å². The highest BCUT2D eigenvalue weighted by molar-refractivity contribution is 5.13. The maximum Gasteiger partial charge on any atom is 0.105 e. The van der Waals surface area contributed by atoms with Crippen LogP contribution in [-0.4, -0.2) is 29.1 Å². The molecule has 2 bridgehead atoms. The summed E-state index contributed by atoms with van der Waals surface area (Å²) >= 11 is 0. The SMILES string of the molecule is C[N+]1(Cc2ccccc2)[C@@H]2CCC[C@H]1CC2.[OH-]. The van der Waals surface area contributed by atoms with Crippen molar-refractivity contribution in [3.8, 4) is 0 Å². The van der Waals surface area contributed by atoms with E-state index in [1.165, 1.54) is 48.7 Å². The van der Waals surface area contributed by atoms with Crippen LogP contribution in [0.15, 0.2) is 30.3 Å². The third-order valence-electron chi connectivity index (χ3n) is 4.94. The number of hydrogen-bond donors (Lipinski definition) is 0. The lowest BCUT2D eigenvalue weighted by molar-refractivity contribution is -0.960. The summed E-state index contributed by atoms with van der Waals surface area (Å²) in [6, 6.07) is 12.9. The van der Waals surface area contributed by atoms with Crippen molar-refractivity contribution in [3.05, 3.63) is 35.9 Å². The van der Waals surface area contributed by atoms with Gasteiger partial charge in [-0.1, -0.05) is 30.3 Å². The zero-order chi connectivity index (χ0) is 11.0. The topological polar surface area (TPSA) is 30.0 Å². The average Bonchev–Trinajstić information content (AvgIpc) is 2.52. The quantitative estimate of drug-likeness (QED) is 0.722. The van der Waals surface area contributed by atoms with E-state index in [4.69, 9.17) is 0 Å². The van der Waals surface area contributed by atoms with E-state index in [2.05, 4.69) is 37.4 Å². The molecule has 2 aliphatic heterocycles. The molecule has 3 rings (SSSR count). The van der Waals surface area contributed by atoms with Gasteiger partial charge in [-0.2, -0.15) is 0 Å². The van der Waals surface area contributed by atoms with Crippen LogP contribution in [0.3, 0.4) is 0 Å². The molecule has 0 amide bonds. The Kier molecular flexibility index (Phi) is 3.55. The first-order chi connectivity index (χ1) is 7.79. The molecule has 0 aliphatic carbocycles. The molecule has 0 radical (unpaired) electrons. The number of nitrogens with zero attached hydrogens (tertiary/aromatic N) is 1. The van der Waals surface area contributed by atoms with E-state index in [1.807, 2.05) is 0 Å². The van der Waals surface area contributed by atoms with Crippen molar-refractivity contribution in [2.24, 2.45) is 0 Å². The maximum absolute atomic E-state index is 2.49. The zero-order valence-corrected chi connectivity index (χ0v) is 10.7. The zero-order valence-electron chi connectivity index (χ0n) is 10.7. The largest absolute Gasteiger partial charge is 0.870 e. The van der Waals surface area contributed by atoms with Gasteiger partial charge in [0.1, 0.15) is 6.54 Å². The van der Waals surface area contributed by atoms with Crippen molar-refractivity contribution in [1.29, 1.82) is 0 Å². The van der Waals surface area contributed by atoms with Gasteiger partial charge in [0.05, 0.1) is 19.1 Å². The summed E-state index contributed by atoms with van der Waals surface area (Å²) in [6.07, 6.45) is 7.32. The lowest BCUT2D eigenvalue weighted by atomic mass is 9.98. The minimum absolute atomic E-state index is 0. The monoisotopic (exact) mass is 233 g/mol. The summed E-state index contributed by atoms with van der Waals surface area (Å²) in [5, 5.41) is 0. The van der Waals surface area contributed by atoms with Gasteiger partial charge in [-0.15, -0.1) is 0 Å². The summed E-state index contributed by atoms with van der Waals surface area (Å²) in [6.45, 7) is 1.25. The highest BCUT2D eigenvalue weighted by Gasteiger charge is 2.48. The number of piperidine rings is 1. The molecule has 0 spiro atoms. The molecule has 1 N–H and O–H groups in total. The van der Waals surface area contributed by atoms with Crippen LogP contribution in [0.1, 0.15) is 37.7 Å². The highest BCUT2D eigenvalue weighted by atomic mass is 16.0. The molecule has 2 fully saturated rings. The molecule has 0 saturated carbocycles. The second kappa shape index (κ2) is 4.79. The second-order valence-corrected chi connectivity index (χ2v) is 5.81. The molecular weight excluding hydrogens is 210 g/mol. The fraction of sp³-hybridized carbons (Fsp3) is 0.600. The van der Waals surface area contributed by atoms with Crippen LogP contribution in [0.25, 0.3) is 0 Å². The van der Waals surface area contributed by atoms with E-state index >= 15 is 0 Å². The summed E-state index contributed by atoms with van der Waals surface area (Å²) in [5.74, 6) is 0. The van der Waals surface area contributed by atoms with Crippen molar-refractivity contribution >= 4 is 0 Å². The van der Waals surface area contributed by atoms with Gasteiger partial charge in [-0.25, -0.2) is 0 Å². The molecule has 2 heterocycles. The molecule has 94 valence electrons. The van der Waals surface area contributed by atoms with Crippen molar-refractivity contribution in [1.82, 2.24) is 0 Å². The van der Waals surface area contributed by atoms with E-state index < -0.39 is 0 Å². The molecule has 1 aromatic rings. The molecule has 2 nitrogen and oxygen atoms in total. The first-order valence-electron chi connectivity index (χ1n) is 6.68. The summed E-state index contributed by atoms with van der Waals surface area (Å²) in [4.78, 5) is 0. The Balaban J connectivity index is 0.00000108. The molecule has 1 unspecified atom stereocenters. The molecule has 2 heteroatoms. The van der Waals surface area contributed by atoms with Crippen LogP contribution in [0.4, 0.5) is 0 Å². The van der Waals surface area contributed by atoms with Crippen LogP contribution in [0.2, 0.25) is 0 Å². The van der Waals surface area contributed by atoms with Gasteiger partial charge >= 0.3 is 0 Å². The Morgan fingerprint density at radius 1 is 1.00 bits per heavy atom. The third kappa shape index (κ3) is 2.12. The van der Waals surface area contributed by atoms with Gasteiger partial charge in [0.25, 0.3) is 0 Å². The molecule has 2 saturated heterocycles. The van der Waals surface area contributed by atoms with E-state index in [1.54, 1.807) is 0 Å². The van der Waals surface area contributed by atoms with E-state index in [-0.39, 0.29) is 5.48 Å². The van der Waals surface area contributed by atoms with Crippen molar-refractivity contribution in [2.75, 3.05) is 7.05 Å². The van der Waals surface area contributed by atoms with Gasteiger partial charge in [0, 0.05) is 18.4 Å². The molecular formula is C15H23NO. The maximum atomic E-state index is 2.49. The standard InChI is InChI=1S/C15H22N.H2O/c1-16(12-13-6-3-2-4-7-13)14-8-5-9-15(16)11-10-14;/h2-4,6-7,14-15H,5,8-12H2,1H3;1H2/q+1;/p-1/t14-,15+,16?;. The highest BCUT2D eigenvalue weighted by Crippen LogP contribution is 2.42. The third-order valence-corrected chi connectivity index (χ3v) is 4.94. The number of hydrogen-bond acceptors (Lipinski definition) is 1. The first kappa shape index (κ1) is 12.6. The Bertz CT molecular complexity index is 346. The fourth-order valence-corrected chi connectivity index (χ4v) is 3.98. The normalized spacial score (nSPS) is 35.4. The molecule has 1 aromatic carbocycles. The van der Waals surface area contributed by atoms with Gasteiger partial charge in [-0.05, 0) is 19.3 Å². The van der Waals surface area contributed by atoms with Crippen LogP contribution < -0.4 is 0 Å². The summed E-state index contributed by atoms with van der Waals surface area (Å²) in [7, 11) is 2.49. The number of benzene rings is 1. The number of fused-ring (bicyclic) bond motifs is 2. The number of quaternary nitrogens is 1. The van der Waals surface area contributed by atoms with Crippen molar-refractivity contribution in [2.45, 2.75) is 50.7 Å². The Morgan fingerprint density at radius 2 is 1.59 bits per heavy atom. The summed E-state index contributed by atoms with van der Waals surface area (Å²) in [5.41, 5.74) is 1.52. The van der Waals surface area contributed by atoms with E-state index in [9.17, 15) is 0 Å². The van der Waals surface area contributed by atoms with Gasteiger partial charge in [0.15, 0.2) is 0 Å². The number of rotatable bonds is 2. The first-order valence-corrected chi connectivity index (χ1v) is 6.68. The van der Waals surface area contributed by atoms with Crippen LogP contribution in [-0.2, 0) is 6.54 Å². The van der Waals surface area contributed by atoms with Gasteiger partial charge in [0.2, 0.25) is 0 Å².